The number of amides is 1. The van der Waals surface area contributed by atoms with E-state index >= 15 is 0 Å². The van der Waals surface area contributed by atoms with Gasteiger partial charge in [-0.05, 0) is 24.3 Å². The zero-order valence-electron chi connectivity index (χ0n) is 9.15. The minimum absolute atomic E-state index is 0.210. The lowest BCUT2D eigenvalue weighted by atomic mass is 10.2. The number of aromatic nitrogens is 1. The summed E-state index contributed by atoms with van der Waals surface area (Å²) in [6.07, 6.45) is 1.53. The van der Waals surface area contributed by atoms with Gasteiger partial charge in [0.15, 0.2) is 5.82 Å². The van der Waals surface area contributed by atoms with E-state index in [-0.39, 0.29) is 16.4 Å². The number of halogens is 2. The van der Waals surface area contributed by atoms with Crippen molar-refractivity contribution in [2.24, 2.45) is 0 Å². The molecule has 92 valence electrons. The van der Waals surface area contributed by atoms with Crippen LogP contribution in [0.5, 0.6) is 0 Å². The van der Waals surface area contributed by atoms with Gasteiger partial charge in [0.05, 0.1) is 21.3 Å². The zero-order chi connectivity index (χ0) is 13.1. The van der Waals surface area contributed by atoms with Gasteiger partial charge in [0.25, 0.3) is 5.91 Å². The molecule has 1 aromatic heterocycles. The second-order valence-electron chi connectivity index (χ2n) is 3.50. The molecule has 1 amide bonds. The molecule has 0 unspecified atom stereocenters. The number of carbonyl (C=O) groups is 1. The van der Waals surface area contributed by atoms with E-state index in [0.717, 1.165) is 0 Å². The highest BCUT2D eigenvalue weighted by Crippen LogP contribution is 2.25. The number of anilines is 2. The number of hydrogen-bond acceptors (Lipinski definition) is 3. The van der Waals surface area contributed by atoms with Gasteiger partial charge in [-0.1, -0.05) is 29.3 Å². The van der Waals surface area contributed by atoms with E-state index in [4.69, 9.17) is 28.9 Å². The average Bonchev–Trinajstić information content (AvgIpc) is 2.35. The Kier molecular flexibility index (Phi) is 3.69. The van der Waals surface area contributed by atoms with Crippen LogP contribution in [-0.4, -0.2) is 10.9 Å². The van der Waals surface area contributed by atoms with E-state index < -0.39 is 5.91 Å². The molecule has 0 bridgehead atoms. The molecular formula is C12H9Cl2N3O. The first kappa shape index (κ1) is 12.7. The maximum atomic E-state index is 12.0. The summed E-state index contributed by atoms with van der Waals surface area (Å²) in [5, 5.41) is 3.14. The Bertz CT molecular complexity index is 602. The van der Waals surface area contributed by atoms with E-state index in [0.29, 0.717) is 10.7 Å². The highest BCUT2D eigenvalue weighted by Gasteiger charge is 2.13. The lowest BCUT2D eigenvalue weighted by Crippen LogP contribution is -2.14. The SMILES string of the molecule is Nc1cccc(C(=O)Nc2ncccc2Cl)c1Cl. The first-order valence-electron chi connectivity index (χ1n) is 5.05. The molecule has 0 atom stereocenters. The Morgan fingerprint density at radius 2 is 2.00 bits per heavy atom. The quantitative estimate of drug-likeness (QED) is 0.831. The van der Waals surface area contributed by atoms with E-state index in [1.807, 2.05) is 0 Å². The van der Waals surface area contributed by atoms with E-state index in [1.54, 1.807) is 30.3 Å². The Hall–Kier alpha value is -1.78. The molecule has 4 nitrogen and oxygen atoms in total. The summed E-state index contributed by atoms with van der Waals surface area (Å²) in [5.41, 5.74) is 6.25. The van der Waals surface area contributed by atoms with Crippen molar-refractivity contribution < 1.29 is 4.79 Å². The molecule has 1 aromatic carbocycles. The molecule has 18 heavy (non-hydrogen) atoms. The van der Waals surface area contributed by atoms with Crippen molar-refractivity contribution in [3.05, 3.63) is 52.1 Å². The number of carbonyl (C=O) groups excluding carboxylic acids is 1. The van der Waals surface area contributed by atoms with Crippen molar-refractivity contribution in [2.75, 3.05) is 11.1 Å². The standard InChI is InChI=1S/C12H9Cl2N3O/c13-8-4-2-6-16-11(8)17-12(18)7-3-1-5-9(15)10(7)14/h1-6H,15H2,(H,16,17,18). The fourth-order valence-electron chi connectivity index (χ4n) is 1.38. The summed E-state index contributed by atoms with van der Waals surface area (Å²) in [5.74, 6) is -0.129. The topological polar surface area (TPSA) is 68.0 Å². The molecule has 0 aliphatic rings. The summed E-state index contributed by atoms with van der Waals surface area (Å²) in [7, 11) is 0. The van der Waals surface area contributed by atoms with Crippen LogP contribution in [0.2, 0.25) is 10.0 Å². The Balaban J connectivity index is 2.28. The van der Waals surface area contributed by atoms with Crippen LogP contribution in [0.25, 0.3) is 0 Å². The van der Waals surface area contributed by atoms with Crippen LogP contribution in [0, 0.1) is 0 Å². The summed E-state index contributed by atoms with van der Waals surface area (Å²) < 4.78 is 0. The third-order valence-corrected chi connectivity index (χ3v) is 2.99. The number of nitrogens with two attached hydrogens (primary N) is 1. The molecule has 6 heteroatoms. The molecule has 0 aliphatic heterocycles. The fraction of sp³-hybridized carbons (Fsp3) is 0. The number of pyridine rings is 1. The van der Waals surface area contributed by atoms with Gasteiger partial charge in [-0.15, -0.1) is 0 Å². The smallest absolute Gasteiger partial charge is 0.258 e. The molecule has 3 N–H and O–H groups in total. The molecule has 0 saturated carbocycles. The number of nitrogens with one attached hydrogen (secondary N) is 1. The van der Waals surface area contributed by atoms with Crippen LogP contribution in [0.15, 0.2) is 36.5 Å². The molecule has 0 saturated heterocycles. The summed E-state index contributed by atoms with van der Waals surface area (Å²) in [6, 6.07) is 8.14. The highest BCUT2D eigenvalue weighted by molar-refractivity contribution is 6.37. The van der Waals surface area contributed by atoms with E-state index in [9.17, 15) is 4.79 Å². The van der Waals surface area contributed by atoms with Crippen molar-refractivity contribution in [1.29, 1.82) is 0 Å². The predicted octanol–water partition coefficient (Wildman–Crippen LogP) is 3.22. The first-order valence-corrected chi connectivity index (χ1v) is 5.81. The van der Waals surface area contributed by atoms with Crippen molar-refractivity contribution in [1.82, 2.24) is 4.98 Å². The predicted molar refractivity (Wildman–Crippen MR) is 73.1 cm³/mol. The number of rotatable bonds is 2. The van der Waals surface area contributed by atoms with Crippen LogP contribution >= 0.6 is 23.2 Å². The summed E-state index contributed by atoms with van der Waals surface area (Å²) >= 11 is 11.8. The fourth-order valence-corrected chi connectivity index (χ4v) is 1.76. The number of hydrogen-bond donors (Lipinski definition) is 2. The number of benzene rings is 1. The maximum Gasteiger partial charge on any atom is 0.258 e. The first-order chi connectivity index (χ1) is 8.59. The monoisotopic (exact) mass is 281 g/mol. The van der Waals surface area contributed by atoms with E-state index in [1.165, 1.54) is 6.20 Å². The molecule has 0 spiro atoms. The number of nitrogens with zero attached hydrogens (tertiary/aromatic N) is 1. The third kappa shape index (κ3) is 2.55. The van der Waals surface area contributed by atoms with Gasteiger partial charge >= 0.3 is 0 Å². The van der Waals surface area contributed by atoms with Gasteiger partial charge in [-0.3, -0.25) is 4.79 Å². The highest BCUT2D eigenvalue weighted by atomic mass is 35.5. The third-order valence-electron chi connectivity index (χ3n) is 2.26. The van der Waals surface area contributed by atoms with Crippen LogP contribution in [0.3, 0.4) is 0 Å². The van der Waals surface area contributed by atoms with Crippen LogP contribution in [0.1, 0.15) is 10.4 Å². The minimum Gasteiger partial charge on any atom is -0.398 e. The van der Waals surface area contributed by atoms with Crippen molar-refractivity contribution >= 4 is 40.6 Å². The van der Waals surface area contributed by atoms with Gasteiger partial charge < -0.3 is 11.1 Å². The lowest BCUT2D eigenvalue weighted by Gasteiger charge is -2.08. The Morgan fingerprint density at radius 3 is 2.72 bits per heavy atom. The number of nitrogen functional groups attached to an aromatic ring is 1. The minimum atomic E-state index is -0.409. The average molecular weight is 282 g/mol. The molecular weight excluding hydrogens is 273 g/mol. The lowest BCUT2D eigenvalue weighted by molar-refractivity contribution is 0.102. The molecule has 2 rings (SSSR count). The molecule has 2 aromatic rings. The Labute approximate surface area is 114 Å². The van der Waals surface area contributed by atoms with Gasteiger partial charge in [0, 0.05) is 6.20 Å². The van der Waals surface area contributed by atoms with Gasteiger partial charge in [-0.25, -0.2) is 4.98 Å². The summed E-state index contributed by atoms with van der Waals surface area (Å²) in [4.78, 5) is 15.9. The van der Waals surface area contributed by atoms with Gasteiger partial charge in [-0.2, -0.15) is 0 Å². The van der Waals surface area contributed by atoms with Crippen molar-refractivity contribution in [3.8, 4) is 0 Å². The molecule has 0 aliphatic carbocycles. The molecule has 0 fully saturated rings. The van der Waals surface area contributed by atoms with Crippen LogP contribution in [0.4, 0.5) is 11.5 Å². The molecule has 1 heterocycles. The second-order valence-corrected chi connectivity index (χ2v) is 4.28. The van der Waals surface area contributed by atoms with Crippen molar-refractivity contribution in [2.45, 2.75) is 0 Å². The normalized spacial score (nSPS) is 10.1. The maximum absolute atomic E-state index is 12.0. The zero-order valence-corrected chi connectivity index (χ0v) is 10.7. The van der Waals surface area contributed by atoms with Crippen molar-refractivity contribution in [3.63, 3.8) is 0 Å². The van der Waals surface area contributed by atoms with Gasteiger partial charge in [0.1, 0.15) is 0 Å². The summed E-state index contributed by atoms with van der Waals surface area (Å²) in [6.45, 7) is 0. The molecule has 0 radical (unpaired) electrons. The Morgan fingerprint density at radius 1 is 1.22 bits per heavy atom. The van der Waals surface area contributed by atoms with Gasteiger partial charge in [0.2, 0.25) is 0 Å². The second kappa shape index (κ2) is 5.25. The van der Waals surface area contributed by atoms with Crippen LogP contribution in [-0.2, 0) is 0 Å². The van der Waals surface area contributed by atoms with E-state index in [2.05, 4.69) is 10.3 Å². The largest absolute Gasteiger partial charge is 0.398 e. The van der Waals surface area contributed by atoms with Crippen LogP contribution < -0.4 is 11.1 Å².